The van der Waals surface area contributed by atoms with E-state index in [1.165, 1.54) is 0 Å². The van der Waals surface area contributed by atoms with Crippen LogP contribution in [0.15, 0.2) is 22.1 Å². The number of hydrogen-bond donors (Lipinski definition) is 2. The van der Waals surface area contributed by atoms with Gasteiger partial charge >= 0.3 is 0 Å². The van der Waals surface area contributed by atoms with Gasteiger partial charge in [-0.2, -0.15) is 0 Å². The zero-order valence-corrected chi connectivity index (χ0v) is 9.74. The Bertz CT molecular complexity index is 211. The van der Waals surface area contributed by atoms with Crippen LogP contribution in [0.3, 0.4) is 0 Å². The third kappa shape index (κ3) is 5.01. The van der Waals surface area contributed by atoms with E-state index in [4.69, 9.17) is 11.5 Å². The highest BCUT2D eigenvalue weighted by Crippen LogP contribution is 2.25. The van der Waals surface area contributed by atoms with Crippen LogP contribution in [0.25, 0.3) is 0 Å². The Morgan fingerprint density at radius 3 is 2.23 bits per heavy atom. The minimum atomic E-state index is 0.0421. The summed E-state index contributed by atoms with van der Waals surface area (Å²) in [6, 6.07) is 0. The van der Waals surface area contributed by atoms with Crippen LogP contribution in [0.4, 0.5) is 0 Å². The molecule has 0 aromatic heterocycles. The Morgan fingerprint density at radius 2 is 1.92 bits per heavy atom. The van der Waals surface area contributed by atoms with Crippen molar-refractivity contribution in [3.05, 3.63) is 22.1 Å². The molecule has 0 amide bonds. The van der Waals surface area contributed by atoms with Crippen molar-refractivity contribution in [1.82, 2.24) is 0 Å². The lowest BCUT2D eigenvalue weighted by atomic mass is 9.94. The van der Waals surface area contributed by atoms with E-state index in [2.05, 4.69) is 20.8 Å². The molecule has 0 aliphatic rings. The molecule has 0 spiro atoms. The molecule has 4 N–H and O–H groups in total. The Kier molecular flexibility index (Phi) is 5.18. The summed E-state index contributed by atoms with van der Waals surface area (Å²) in [5.74, 6) is 0. The maximum Gasteiger partial charge on any atom is 0.0238 e. The smallest absolute Gasteiger partial charge is 0.0238 e. The van der Waals surface area contributed by atoms with Gasteiger partial charge in [-0.15, -0.1) is 0 Å². The maximum absolute atomic E-state index is 5.88. The second-order valence-electron chi connectivity index (χ2n) is 3.90. The Hall–Kier alpha value is -0.410. The van der Waals surface area contributed by atoms with Gasteiger partial charge in [-0.3, -0.25) is 0 Å². The standard InChI is InChI=1S/C10H20N2S/c1-5-8(6-11)13-7-9(12)10(2,3)4/h5,7H,6,11-12H2,1-4H3/b8-5-,9-7-. The second kappa shape index (κ2) is 5.35. The Labute approximate surface area is 85.4 Å². The SMILES string of the molecule is C/C=C(/CN)S/C=C(\N)C(C)(C)C. The normalized spacial score (nSPS) is 14.8. The molecule has 0 fully saturated rings. The van der Waals surface area contributed by atoms with Crippen LogP contribution in [-0.2, 0) is 0 Å². The van der Waals surface area contributed by atoms with Gasteiger partial charge in [0.25, 0.3) is 0 Å². The zero-order chi connectivity index (χ0) is 10.5. The molecule has 0 saturated carbocycles. The van der Waals surface area contributed by atoms with Crippen molar-refractivity contribution in [2.45, 2.75) is 27.7 Å². The van der Waals surface area contributed by atoms with E-state index < -0.39 is 0 Å². The predicted octanol–water partition coefficient (Wildman–Crippen LogP) is 2.43. The van der Waals surface area contributed by atoms with Gasteiger partial charge in [0.15, 0.2) is 0 Å². The van der Waals surface area contributed by atoms with Crippen molar-refractivity contribution in [3.8, 4) is 0 Å². The molecule has 0 atom stereocenters. The second-order valence-corrected chi connectivity index (χ2v) is 4.90. The molecule has 0 heterocycles. The summed E-state index contributed by atoms with van der Waals surface area (Å²) >= 11 is 1.61. The third-order valence-electron chi connectivity index (χ3n) is 1.73. The minimum Gasteiger partial charge on any atom is -0.401 e. The molecule has 0 radical (unpaired) electrons. The number of hydrogen-bond acceptors (Lipinski definition) is 3. The number of allylic oxidation sites excluding steroid dienone is 2. The maximum atomic E-state index is 5.88. The van der Waals surface area contributed by atoms with Gasteiger partial charge < -0.3 is 11.5 Å². The van der Waals surface area contributed by atoms with Gasteiger partial charge in [0.2, 0.25) is 0 Å². The first-order valence-corrected chi connectivity index (χ1v) is 5.27. The van der Waals surface area contributed by atoms with Gasteiger partial charge in [0.05, 0.1) is 0 Å². The van der Waals surface area contributed by atoms with Gasteiger partial charge in [-0.1, -0.05) is 38.6 Å². The molecule has 13 heavy (non-hydrogen) atoms. The van der Waals surface area contributed by atoms with E-state index in [1.54, 1.807) is 11.8 Å². The van der Waals surface area contributed by atoms with Crippen molar-refractivity contribution >= 4 is 11.8 Å². The highest BCUT2D eigenvalue weighted by Gasteiger charge is 2.13. The summed E-state index contributed by atoms with van der Waals surface area (Å²) in [6.07, 6.45) is 2.01. The molecule has 2 nitrogen and oxygen atoms in total. The van der Waals surface area contributed by atoms with Crippen LogP contribution in [0.1, 0.15) is 27.7 Å². The topological polar surface area (TPSA) is 52.0 Å². The van der Waals surface area contributed by atoms with Crippen molar-refractivity contribution in [1.29, 1.82) is 0 Å². The lowest BCUT2D eigenvalue weighted by Gasteiger charge is -2.18. The molecule has 0 saturated heterocycles. The van der Waals surface area contributed by atoms with Crippen LogP contribution >= 0.6 is 11.8 Å². The summed E-state index contributed by atoms with van der Waals surface area (Å²) in [5.41, 5.74) is 12.3. The molecule has 3 heteroatoms. The molecular formula is C10H20N2S. The fourth-order valence-electron chi connectivity index (χ4n) is 0.550. The highest BCUT2D eigenvalue weighted by molar-refractivity contribution is 8.05. The van der Waals surface area contributed by atoms with Gasteiger partial charge in [0.1, 0.15) is 0 Å². The first-order valence-electron chi connectivity index (χ1n) is 4.40. The largest absolute Gasteiger partial charge is 0.401 e. The van der Waals surface area contributed by atoms with E-state index in [-0.39, 0.29) is 5.41 Å². The molecule has 0 aromatic carbocycles. The van der Waals surface area contributed by atoms with E-state index in [9.17, 15) is 0 Å². The molecule has 0 bridgehead atoms. The molecule has 0 rings (SSSR count). The van der Waals surface area contributed by atoms with Gasteiger partial charge in [-0.05, 0) is 17.2 Å². The van der Waals surface area contributed by atoms with E-state index in [0.29, 0.717) is 6.54 Å². The molecule has 76 valence electrons. The molecule has 0 unspecified atom stereocenters. The van der Waals surface area contributed by atoms with E-state index >= 15 is 0 Å². The van der Waals surface area contributed by atoms with Crippen molar-refractivity contribution in [2.24, 2.45) is 16.9 Å². The average molecular weight is 200 g/mol. The van der Waals surface area contributed by atoms with Crippen LogP contribution in [0.5, 0.6) is 0 Å². The monoisotopic (exact) mass is 200 g/mol. The molecule has 0 aliphatic carbocycles. The van der Waals surface area contributed by atoms with Crippen LogP contribution in [-0.4, -0.2) is 6.54 Å². The number of rotatable bonds is 3. The molecule has 0 aliphatic heterocycles. The predicted molar refractivity (Wildman–Crippen MR) is 62.1 cm³/mol. The average Bonchev–Trinajstić information content (AvgIpc) is 2.04. The number of nitrogens with two attached hydrogens (primary N) is 2. The lowest BCUT2D eigenvalue weighted by Crippen LogP contribution is -2.16. The fourth-order valence-corrected chi connectivity index (χ4v) is 1.41. The Morgan fingerprint density at radius 1 is 1.38 bits per heavy atom. The van der Waals surface area contributed by atoms with Crippen LogP contribution in [0.2, 0.25) is 0 Å². The fraction of sp³-hybridized carbons (Fsp3) is 0.600. The molecule has 0 aromatic rings. The van der Waals surface area contributed by atoms with Crippen LogP contribution in [0, 0.1) is 5.41 Å². The van der Waals surface area contributed by atoms with E-state index in [0.717, 1.165) is 10.6 Å². The summed E-state index contributed by atoms with van der Waals surface area (Å²) in [7, 11) is 0. The first-order chi connectivity index (χ1) is 5.91. The Balaban J connectivity index is 4.28. The minimum absolute atomic E-state index is 0.0421. The first kappa shape index (κ1) is 12.6. The lowest BCUT2D eigenvalue weighted by molar-refractivity contribution is 0.499. The summed E-state index contributed by atoms with van der Waals surface area (Å²) in [4.78, 5) is 1.15. The molecular weight excluding hydrogens is 180 g/mol. The summed E-state index contributed by atoms with van der Waals surface area (Å²) in [6.45, 7) is 8.84. The van der Waals surface area contributed by atoms with Gasteiger partial charge in [-0.25, -0.2) is 0 Å². The summed E-state index contributed by atoms with van der Waals surface area (Å²) < 4.78 is 0. The number of thioether (sulfide) groups is 1. The van der Waals surface area contributed by atoms with Crippen molar-refractivity contribution < 1.29 is 0 Å². The van der Waals surface area contributed by atoms with E-state index in [1.807, 2.05) is 18.4 Å². The quantitative estimate of drug-likeness (QED) is 0.735. The highest BCUT2D eigenvalue weighted by atomic mass is 32.2. The van der Waals surface area contributed by atoms with Crippen LogP contribution < -0.4 is 11.5 Å². The zero-order valence-electron chi connectivity index (χ0n) is 8.92. The van der Waals surface area contributed by atoms with Gasteiger partial charge in [0, 0.05) is 17.7 Å². The van der Waals surface area contributed by atoms with Crippen molar-refractivity contribution in [2.75, 3.05) is 6.54 Å². The third-order valence-corrected chi connectivity index (χ3v) is 2.80. The van der Waals surface area contributed by atoms with Crippen molar-refractivity contribution in [3.63, 3.8) is 0 Å². The summed E-state index contributed by atoms with van der Waals surface area (Å²) in [5, 5.41) is 1.97.